The number of hydrogen-bond acceptors (Lipinski definition) is 2. The number of rotatable bonds is 5. The summed E-state index contributed by atoms with van der Waals surface area (Å²) >= 11 is 2.89. The van der Waals surface area contributed by atoms with Gasteiger partial charge in [0, 0.05) is 5.56 Å². The number of carboxylic acids is 1. The third-order valence-electron chi connectivity index (χ3n) is 4.22. The smallest absolute Gasteiger partial charge is 0.303 e. The Morgan fingerprint density at radius 3 is 2.48 bits per heavy atom. The fourth-order valence-electron chi connectivity index (χ4n) is 3.21. The highest BCUT2D eigenvalue weighted by Crippen LogP contribution is 2.47. The normalized spacial score (nSPS) is 18.7. The van der Waals surface area contributed by atoms with Crippen molar-refractivity contribution in [3.8, 4) is 0 Å². The van der Waals surface area contributed by atoms with Crippen LogP contribution in [0.3, 0.4) is 0 Å². The van der Waals surface area contributed by atoms with Gasteiger partial charge in [-0.1, -0.05) is 12.8 Å². The lowest BCUT2D eigenvalue weighted by molar-refractivity contribution is -0.140. The Morgan fingerprint density at radius 2 is 1.90 bits per heavy atom. The number of hydrogen-bond donors (Lipinski definition) is 2. The summed E-state index contributed by atoms with van der Waals surface area (Å²) in [5.41, 5.74) is -0.645. The van der Waals surface area contributed by atoms with Crippen molar-refractivity contribution in [2.45, 2.75) is 44.6 Å². The molecule has 1 unspecified atom stereocenters. The molecule has 0 aliphatic heterocycles. The van der Waals surface area contributed by atoms with Gasteiger partial charge in [0.2, 0.25) is 0 Å². The molecule has 1 aromatic carbocycles. The number of aliphatic hydroxyl groups excluding tert-OH is 1. The predicted octanol–water partition coefficient (Wildman–Crippen LogP) is 4.19. The Hall–Kier alpha value is -1.01. The SMILES string of the molecule is O=C(O)CC1(CC(O)c2cc(F)c(Br)cc2F)CCCC1. The summed E-state index contributed by atoms with van der Waals surface area (Å²) in [5.74, 6) is -2.27. The number of carbonyl (C=O) groups is 1. The summed E-state index contributed by atoms with van der Waals surface area (Å²) in [6.07, 6.45) is 2.06. The van der Waals surface area contributed by atoms with Gasteiger partial charge < -0.3 is 10.2 Å². The molecule has 1 saturated carbocycles. The molecule has 2 rings (SSSR count). The lowest BCUT2D eigenvalue weighted by atomic mass is 9.76. The van der Waals surface area contributed by atoms with Crippen LogP contribution in [0.25, 0.3) is 0 Å². The lowest BCUT2D eigenvalue weighted by Gasteiger charge is -2.30. The van der Waals surface area contributed by atoms with Gasteiger partial charge in [-0.2, -0.15) is 0 Å². The molecule has 0 spiro atoms. The van der Waals surface area contributed by atoms with Gasteiger partial charge in [-0.15, -0.1) is 0 Å². The summed E-state index contributed by atoms with van der Waals surface area (Å²) in [6, 6.07) is 1.94. The van der Waals surface area contributed by atoms with E-state index in [2.05, 4.69) is 15.9 Å². The molecule has 21 heavy (non-hydrogen) atoms. The minimum Gasteiger partial charge on any atom is -0.481 e. The standard InChI is InChI=1S/C15H17BrF2O3/c16-10-6-11(17)9(5-12(10)18)13(19)7-15(8-14(20)21)3-1-2-4-15/h5-6,13,19H,1-4,7-8H2,(H,20,21). The summed E-state index contributed by atoms with van der Waals surface area (Å²) in [5, 5.41) is 19.3. The second-order valence-electron chi connectivity index (χ2n) is 5.79. The van der Waals surface area contributed by atoms with Gasteiger partial charge >= 0.3 is 5.97 Å². The zero-order valence-electron chi connectivity index (χ0n) is 11.4. The maximum atomic E-state index is 13.9. The van der Waals surface area contributed by atoms with Crippen LogP contribution in [0, 0.1) is 17.0 Å². The maximum Gasteiger partial charge on any atom is 0.303 e. The Balaban J connectivity index is 2.21. The van der Waals surface area contributed by atoms with E-state index in [1.54, 1.807) is 0 Å². The van der Waals surface area contributed by atoms with Gasteiger partial charge in [-0.3, -0.25) is 4.79 Å². The second-order valence-corrected chi connectivity index (χ2v) is 6.64. The summed E-state index contributed by atoms with van der Waals surface area (Å²) in [7, 11) is 0. The number of aliphatic carboxylic acids is 1. The molecule has 1 aliphatic carbocycles. The van der Waals surface area contributed by atoms with Crippen molar-refractivity contribution in [1.82, 2.24) is 0 Å². The molecule has 2 N–H and O–H groups in total. The first-order chi connectivity index (χ1) is 9.83. The van der Waals surface area contributed by atoms with Crippen LogP contribution in [0.2, 0.25) is 0 Å². The Bertz CT molecular complexity index is 542. The van der Waals surface area contributed by atoms with E-state index in [0.29, 0.717) is 12.8 Å². The van der Waals surface area contributed by atoms with Crippen LogP contribution in [0.15, 0.2) is 16.6 Å². The monoisotopic (exact) mass is 362 g/mol. The molecular weight excluding hydrogens is 346 g/mol. The van der Waals surface area contributed by atoms with Crippen molar-refractivity contribution in [3.63, 3.8) is 0 Å². The molecule has 1 atom stereocenters. The van der Waals surface area contributed by atoms with Gasteiger partial charge in [-0.25, -0.2) is 8.78 Å². The van der Waals surface area contributed by atoms with Crippen LogP contribution in [-0.2, 0) is 4.79 Å². The molecule has 1 aliphatic rings. The highest BCUT2D eigenvalue weighted by atomic mass is 79.9. The van der Waals surface area contributed by atoms with E-state index in [1.807, 2.05) is 0 Å². The van der Waals surface area contributed by atoms with Gasteiger partial charge in [-0.05, 0) is 52.7 Å². The highest BCUT2D eigenvalue weighted by molar-refractivity contribution is 9.10. The van der Waals surface area contributed by atoms with Crippen LogP contribution in [-0.4, -0.2) is 16.2 Å². The topological polar surface area (TPSA) is 57.5 Å². The molecule has 116 valence electrons. The quantitative estimate of drug-likeness (QED) is 0.772. The van der Waals surface area contributed by atoms with Gasteiger partial charge in [0.15, 0.2) is 0 Å². The first-order valence-corrected chi connectivity index (χ1v) is 7.67. The van der Waals surface area contributed by atoms with E-state index < -0.39 is 29.1 Å². The van der Waals surface area contributed by atoms with Crippen molar-refractivity contribution in [2.24, 2.45) is 5.41 Å². The number of benzene rings is 1. The van der Waals surface area contributed by atoms with Crippen LogP contribution >= 0.6 is 15.9 Å². The summed E-state index contributed by atoms with van der Waals surface area (Å²) in [6.45, 7) is 0. The van der Waals surface area contributed by atoms with Crippen molar-refractivity contribution in [1.29, 1.82) is 0 Å². The van der Waals surface area contributed by atoms with E-state index in [-0.39, 0.29) is 22.9 Å². The van der Waals surface area contributed by atoms with E-state index in [0.717, 1.165) is 25.0 Å². The largest absolute Gasteiger partial charge is 0.481 e. The molecule has 0 aromatic heterocycles. The molecular formula is C15H17BrF2O3. The van der Waals surface area contributed by atoms with E-state index in [9.17, 15) is 18.7 Å². The van der Waals surface area contributed by atoms with E-state index >= 15 is 0 Å². The first-order valence-electron chi connectivity index (χ1n) is 6.87. The van der Waals surface area contributed by atoms with Gasteiger partial charge in [0.1, 0.15) is 11.6 Å². The molecule has 0 amide bonds. The van der Waals surface area contributed by atoms with Crippen LogP contribution in [0.5, 0.6) is 0 Å². The Morgan fingerprint density at radius 1 is 1.29 bits per heavy atom. The Kier molecular flexibility index (Phi) is 4.99. The lowest BCUT2D eigenvalue weighted by Crippen LogP contribution is -2.24. The zero-order chi connectivity index (χ0) is 15.6. The minimum absolute atomic E-state index is 0.00272. The summed E-state index contributed by atoms with van der Waals surface area (Å²) < 4.78 is 27.4. The van der Waals surface area contributed by atoms with Crippen molar-refractivity contribution < 1.29 is 23.8 Å². The van der Waals surface area contributed by atoms with Crippen LogP contribution in [0.4, 0.5) is 8.78 Å². The third-order valence-corrected chi connectivity index (χ3v) is 4.82. The van der Waals surface area contributed by atoms with E-state index in [4.69, 9.17) is 5.11 Å². The van der Waals surface area contributed by atoms with Gasteiger partial charge in [0.25, 0.3) is 0 Å². The third kappa shape index (κ3) is 3.80. The average molecular weight is 363 g/mol. The Labute approximate surface area is 130 Å². The maximum absolute atomic E-state index is 13.9. The highest BCUT2D eigenvalue weighted by Gasteiger charge is 2.38. The number of aliphatic hydroxyl groups is 1. The van der Waals surface area contributed by atoms with Crippen LogP contribution < -0.4 is 0 Å². The molecule has 6 heteroatoms. The molecule has 1 fully saturated rings. The van der Waals surface area contributed by atoms with Crippen molar-refractivity contribution in [3.05, 3.63) is 33.8 Å². The van der Waals surface area contributed by atoms with Gasteiger partial charge in [0.05, 0.1) is 17.0 Å². The second kappa shape index (κ2) is 6.40. The molecule has 0 saturated heterocycles. The molecule has 1 aromatic rings. The van der Waals surface area contributed by atoms with Crippen LogP contribution in [0.1, 0.15) is 50.2 Å². The number of halogens is 3. The molecule has 3 nitrogen and oxygen atoms in total. The average Bonchev–Trinajstić information content (AvgIpc) is 2.80. The van der Waals surface area contributed by atoms with Crippen molar-refractivity contribution in [2.75, 3.05) is 0 Å². The molecule has 0 radical (unpaired) electrons. The minimum atomic E-state index is -1.20. The van der Waals surface area contributed by atoms with Crippen molar-refractivity contribution >= 4 is 21.9 Å². The van der Waals surface area contributed by atoms with E-state index in [1.165, 1.54) is 0 Å². The molecule has 0 heterocycles. The first kappa shape index (κ1) is 16.4. The molecule has 0 bridgehead atoms. The summed E-state index contributed by atoms with van der Waals surface area (Å²) in [4.78, 5) is 11.0. The fraction of sp³-hybridized carbons (Fsp3) is 0.533. The zero-order valence-corrected chi connectivity index (χ0v) is 13.0. The predicted molar refractivity (Wildman–Crippen MR) is 76.8 cm³/mol. The fourth-order valence-corrected chi connectivity index (χ4v) is 3.53. The number of carboxylic acid groups (broad SMARTS) is 1.